The zero-order valence-electron chi connectivity index (χ0n) is 10.6. The highest BCUT2D eigenvalue weighted by molar-refractivity contribution is 4.91. The van der Waals surface area contributed by atoms with Crippen molar-refractivity contribution < 1.29 is 9.84 Å². The van der Waals surface area contributed by atoms with Crippen LogP contribution < -0.4 is 0 Å². The van der Waals surface area contributed by atoms with Crippen molar-refractivity contribution in [2.45, 2.75) is 63.9 Å². The topological polar surface area (TPSA) is 29.5 Å². The second-order valence-electron chi connectivity index (χ2n) is 5.71. The zero-order chi connectivity index (χ0) is 11.4. The lowest BCUT2D eigenvalue weighted by molar-refractivity contribution is -0.0778. The number of hydrogen-bond donors (Lipinski definition) is 1. The molecule has 94 valence electrons. The molecule has 0 amide bonds. The highest BCUT2D eigenvalue weighted by atomic mass is 16.5. The van der Waals surface area contributed by atoms with E-state index in [-0.39, 0.29) is 5.60 Å². The van der Waals surface area contributed by atoms with Gasteiger partial charge in [-0.25, -0.2) is 0 Å². The molecule has 0 aromatic carbocycles. The Balaban J connectivity index is 1.93. The van der Waals surface area contributed by atoms with Crippen molar-refractivity contribution in [3.05, 3.63) is 0 Å². The maximum Gasteiger partial charge on any atom is 0.0678 e. The molecular weight excluding hydrogens is 200 g/mol. The highest BCUT2D eigenvalue weighted by Gasteiger charge is 2.39. The first-order valence-electron chi connectivity index (χ1n) is 7.05. The van der Waals surface area contributed by atoms with E-state index < -0.39 is 0 Å². The average molecular weight is 226 g/mol. The molecule has 0 aromatic heterocycles. The maximum atomic E-state index is 10.8. The monoisotopic (exact) mass is 226 g/mol. The van der Waals surface area contributed by atoms with Crippen LogP contribution in [-0.4, -0.2) is 23.9 Å². The molecule has 2 fully saturated rings. The molecule has 1 saturated heterocycles. The van der Waals surface area contributed by atoms with Crippen molar-refractivity contribution in [2.75, 3.05) is 13.2 Å². The van der Waals surface area contributed by atoms with Gasteiger partial charge < -0.3 is 9.84 Å². The van der Waals surface area contributed by atoms with Crippen molar-refractivity contribution in [2.24, 2.45) is 11.8 Å². The summed E-state index contributed by atoms with van der Waals surface area (Å²) in [4.78, 5) is 0. The molecule has 1 aliphatic carbocycles. The van der Waals surface area contributed by atoms with Crippen molar-refractivity contribution in [1.82, 2.24) is 0 Å². The summed E-state index contributed by atoms with van der Waals surface area (Å²) in [6.07, 6.45) is 9.26. The van der Waals surface area contributed by atoms with Crippen LogP contribution in [0.4, 0.5) is 0 Å². The molecule has 16 heavy (non-hydrogen) atoms. The normalized spacial score (nSPS) is 37.5. The van der Waals surface area contributed by atoms with Crippen LogP contribution in [0.2, 0.25) is 0 Å². The number of hydrogen-bond acceptors (Lipinski definition) is 2. The van der Waals surface area contributed by atoms with Gasteiger partial charge in [-0.05, 0) is 43.9 Å². The lowest BCUT2D eigenvalue weighted by Crippen LogP contribution is -2.42. The van der Waals surface area contributed by atoms with Crippen LogP contribution in [0.3, 0.4) is 0 Å². The molecule has 0 bridgehead atoms. The maximum absolute atomic E-state index is 10.8. The van der Waals surface area contributed by atoms with E-state index in [1.807, 2.05) is 0 Å². The molecule has 1 saturated carbocycles. The molecule has 0 radical (unpaired) electrons. The Labute approximate surface area is 99.4 Å². The molecule has 1 aliphatic heterocycles. The molecule has 2 unspecified atom stereocenters. The minimum atomic E-state index is -0.352. The molecule has 2 rings (SSSR count). The highest BCUT2D eigenvalue weighted by Crippen LogP contribution is 2.41. The molecule has 2 atom stereocenters. The van der Waals surface area contributed by atoms with Crippen molar-refractivity contribution in [3.63, 3.8) is 0 Å². The van der Waals surface area contributed by atoms with Crippen LogP contribution >= 0.6 is 0 Å². The summed E-state index contributed by atoms with van der Waals surface area (Å²) in [6, 6.07) is 0. The van der Waals surface area contributed by atoms with E-state index in [4.69, 9.17) is 4.74 Å². The van der Waals surface area contributed by atoms with Gasteiger partial charge in [-0.2, -0.15) is 0 Å². The van der Waals surface area contributed by atoms with E-state index in [1.165, 1.54) is 19.3 Å². The SMILES string of the molecule is CCC1CCCCC1(O)CC1CCOCC1. The lowest BCUT2D eigenvalue weighted by atomic mass is 9.69. The predicted molar refractivity (Wildman–Crippen MR) is 65.4 cm³/mol. The standard InChI is InChI=1S/C14H26O2/c1-2-13-5-3-4-8-14(13,15)11-12-6-9-16-10-7-12/h12-13,15H,2-11H2,1H3. The zero-order valence-corrected chi connectivity index (χ0v) is 10.6. The fraction of sp³-hybridized carbons (Fsp3) is 1.00. The van der Waals surface area contributed by atoms with Gasteiger partial charge in [-0.1, -0.05) is 26.2 Å². The first-order valence-corrected chi connectivity index (χ1v) is 7.05. The quantitative estimate of drug-likeness (QED) is 0.801. The Morgan fingerprint density at radius 1 is 1.19 bits per heavy atom. The summed E-state index contributed by atoms with van der Waals surface area (Å²) in [5, 5.41) is 10.8. The molecule has 0 aromatic rings. The van der Waals surface area contributed by atoms with E-state index in [2.05, 4.69) is 6.92 Å². The van der Waals surface area contributed by atoms with E-state index in [1.54, 1.807) is 0 Å². The predicted octanol–water partition coefficient (Wildman–Crippen LogP) is 3.13. The Bertz CT molecular complexity index is 211. The summed E-state index contributed by atoms with van der Waals surface area (Å²) in [6.45, 7) is 4.03. The third-order valence-corrected chi connectivity index (χ3v) is 4.65. The molecule has 2 heteroatoms. The number of aliphatic hydroxyl groups is 1. The molecule has 2 aliphatic rings. The average Bonchev–Trinajstić information content (AvgIpc) is 2.30. The van der Waals surface area contributed by atoms with Gasteiger partial charge in [0.2, 0.25) is 0 Å². The third kappa shape index (κ3) is 2.78. The Morgan fingerprint density at radius 3 is 2.62 bits per heavy atom. The van der Waals surface area contributed by atoms with Crippen LogP contribution in [-0.2, 0) is 4.74 Å². The van der Waals surface area contributed by atoms with Crippen LogP contribution in [0.5, 0.6) is 0 Å². The summed E-state index contributed by atoms with van der Waals surface area (Å²) in [5.74, 6) is 1.25. The number of ether oxygens (including phenoxy) is 1. The summed E-state index contributed by atoms with van der Waals surface area (Å²) < 4.78 is 5.39. The van der Waals surface area contributed by atoms with E-state index in [9.17, 15) is 5.11 Å². The van der Waals surface area contributed by atoms with Crippen LogP contribution in [0.15, 0.2) is 0 Å². The van der Waals surface area contributed by atoms with Crippen molar-refractivity contribution in [3.8, 4) is 0 Å². The van der Waals surface area contributed by atoms with Gasteiger partial charge >= 0.3 is 0 Å². The lowest BCUT2D eigenvalue weighted by Gasteiger charge is -2.42. The van der Waals surface area contributed by atoms with Crippen LogP contribution in [0.25, 0.3) is 0 Å². The molecule has 1 N–H and O–H groups in total. The Morgan fingerprint density at radius 2 is 1.94 bits per heavy atom. The third-order valence-electron chi connectivity index (χ3n) is 4.65. The van der Waals surface area contributed by atoms with E-state index in [0.29, 0.717) is 11.8 Å². The first-order chi connectivity index (χ1) is 7.74. The Kier molecular flexibility index (Phi) is 4.26. The summed E-state index contributed by atoms with van der Waals surface area (Å²) in [5.41, 5.74) is -0.352. The molecule has 1 heterocycles. The smallest absolute Gasteiger partial charge is 0.0678 e. The van der Waals surface area contributed by atoms with Crippen LogP contribution in [0, 0.1) is 11.8 Å². The summed E-state index contributed by atoms with van der Waals surface area (Å²) in [7, 11) is 0. The fourth-order valence-electron chi connectivity index (χ4n) is 3.60. The van der Waals surface area contributed by atoms with Gasteiger partial charge in [0.25, 0.3) is 0 Å². The second kappa shape index (κ2) is 5.50. The first kappa shape index (κ1) is 12.4. The minimum absolute atomic E-state index is 0.352. The molecule has 2 nitrogen and oxygen atoms in total. The minimum Gasteiger partial charge on any atom is -0.390 e. The molecular formula is C14H26O2. The van der Waals surface area contributed by atoms with Crippen molar-refractivity contribution >= 4 is 0 Å². The van der Waals surface area contributed by atoms with Gasteiger partial charge in [0.15, 0.2) is 0 Å². The van der Waals surface area contributed by atoms with Gasteiger partial charge in [-0.3, -0.25) is 0 Å². The second-order valence-corrected chi connectivity index (χ2v) is 5.71. The molecule has 0 spiro atoms. The van der Waals surface area contributed by atoms with Gasteiger partial charge in [0.1, 0.15) is 0 Å². The summed E-state index contributed by atoms with van der Waals surface area (Å²) >= 11 is 0. The largest absolute Gasteiger partial charge is 0.390 e. The van der Waals surface area contributed by atoms with Gasteiger partial charge in [-0.15, -0.1) is 0 Å². The number of rotatable bonds is 3. The fourth-order valence-corrected chi connectivity index (χ4v) is 3.60. The van der Waals surface area contributed by atoms with E-state index >= 15 is 0 Å². The van der Waals surface area contributed by atoms with Crippen LogP contribution in [0.1, 0.15) is 58.3 Å². The Hall–Kier alpha value is -0.0800. The van der Waals surface area contributed by atoms with Gasteiger partial charge in [0, 0.05) is 13.2 Å². The van der Waals surface area contributed by atoms with E-state index in [0.717, 1.165) is 45.3 Å². The van der Waals surface area contributed by atoms with Gasteiger partial charge in [0.05, 0.1) is 5.60 Å². The van der Waals surface area contributed by atoms with Crippen molar-refractivity contribution in [1.29, 1.82) is 0 Å².